The van der Waals surface area contributed by atoms with Gasteiger partial charge in [0.25, 0.3) is 11.5 Å². The first-order valence-corrected chi connectivity index (χ1v) is 8.72. The number of nitrogens with one attached hydrogen (secondary N) is 2. The number of hydrogen-bond acceptors (Lipinski definition) is 5. The summed E-state index contributed by atoms with van der Waals surface area (Å²) in [5.74, 6) is -1.20. The lowest BCUT2D eigenvalue weighted by Gasteiger charge is -2.16. The van der Waals surface area contributed by atoms with E-state index >= 15 is 0 Å². The Morgan fingerprint density at radius 3 is 2.46 bits per heavy atom. The highest BCUT2D eigenvalue weighted by Gasteiger charge is 2.21. The van der Waals surface area contributed by atoms with Gasteiger partial charge in [0.1, 0.15) is 12.6 Å². The van der Waals surface area contributed by atoms with E-state index in [9.17, 15) is 14.4 Å². The first-order chi connectivity index (χ1) is 12.6. The third-order valence-corrected chi connectivity index (χ3v) is 4.95. The average Bonchev–Trinajstić information content (AvgIpc) is 2.97. The standard InChI is InChI=1S/C18H17N3O4S/c22-16(11-21-18(24)13-8-4-5-9-15(13)26-21)19-14(17(23)20-25)10-12-6-2-1-3-7-12/h1-9,14,25H,10-11H2,(H,19,22)(H,20,23). The molecule has 0 aliphatic rings. The Kier molecular flexibility index (Phi) is 5.45. The predicted molar refractivity (Wildman–Crippen MR) is 98.1 cm³/mol. The number of hydroxylamine groups is 1. The van der Waals surface area contributed by atoms with Crippen LogP contribution >= 0.6 is 11.5 Å². The number of amides is 2. The molecule has 0 aliphatic carbocycles. The minimum absolute atomic E-state index is 0.192. The smallest absolute Gasteiger partial charge is 0.268 e. The monoisotopic (exact) mass is 371 g/mol. The molecule has 0 radical (unpaired) electrons. The fraction of sp³-hybridized carbons (Fsp3) is 0.167. The molecule has 0 saturated carbocycles. The van der Waals surface area contributed by atoms with Crippen LogP contribution in [0.1, 0.15) is 5.56 Å². The predicted octanol–water partition coefficient (Wildman–Crippen LogP) is 1.30. The van der Waals surface area contributed by atoms with Gasteiger partial charge in [-0.15, -0.1) is 0 Å². The van der Waals surface area contributed by atoms with E-state index in [1.807, 2.05) is 42.5 Å². The molecule has 1 aromatic heterocycles. The maximum absolute atomic E-state index is 12.3. The Hall–Kier alpha value is -2.97. The summed E-state index contributed by atoms with van der Waals surface area (Å²) in [6.45, 7) is -0.192. The molecule has 1 heterocycles. The second kappa shape index (κ2) is 7.94. The topological polar surface area (TPSA) is 100 Å². The number of carbonyl (C=O) groups excluding carboxylic acids is 2. The van der Waals surface area contributed by atoms with Crippen molar-refractivity contribution in [1.29, 1.82) is 0 Å². The molecule has 1 atom stereocenters. The Labute approximate surface area is 153 Å². The van der Waals surface area contributed by atoms with Crippen molar-refractivity contribution in [2.24, 2.45) is 0 Å². The maximum Gasteiger partial charge on any atom is 0.268 e. The van der Waals surface area contributed by atoms with Crippen molar-refractivity contribution in [3.8, 4) is 0 Å². The van der Waals surface area contributed by atoms with Gasteiger partial charge in [0.15, 0.2) is 0 Å². The van der Waals surface area contributed by atoms with Crippen LogP contribution < -0.4 is 16.4 Å². The lowest BCUT2D eigenvalue weighted by Crippen LogP contribution is -2.48. The van der Waals surface area contributed by atoms with Gasteiger partial charge in [-0.1, -0.05) is 54.0 Å². The quantitative estimate of drug-likeness (QED) is 0.449. The van der Waals surface area contributed by atoms with E-state index in [0.29, 0.717) is 5.39 Å². The Balaban J connectivity index is 1.73. The molecule has 0 spiro atoms. The van der Waals surface area contributed by atoms with Crippen molar-refractivity contribution in [2.75, 3.05) is 0 Å². The fourth-order valence-electron chi connectivity index (χ4n) is 2.63. The summed E-state index contributed by atoms with van der Waals surface area (Å²) >= 11 is 1.19. The molecule has 3 aromatic rings. The minimum Gasteiger partial charge on any atom is -0.342 e. The van der Waals surface area contributed by atoms with Crippen LogP contribution in [0.25, 0.3) is 10.1 Å². The molecule has 2 amide bonds. The number of carbonyl (C=O) groups is 2. The highest BCUT2D eigenvalue weighted by atomic mass is 32.1. The van der Waals surface area contributed by atoms with Gasteiger partial charge in [0.05, 0.1) is 10.1 Å². The number of fused-ring (bicyclic) bond motifs is 1. The zero-order chi connectivity index (χ0) is 18.5. The molecule has 3 N–H and O–H groups in total. The van der Waals surface area contributed by atoms with E-state index in [2.05, 4.69) is 5.32 Å². The lowest BCUT2D eigenvalue weighted by molar-refractivity contribution is -0.134. The van der Waals surface area contributed by atoms with Gasteiger partial charge in [-0.3, -0.25) is 23.5 Å². The third-order valence-electron chi connectivity index (χ3n) is 3.88. The van der Waals surface area contributed by atoms with Crippen molar-refractivity contribution in [2.45, 2.75) is 19.0 Å². The summed E-state index contributed by atoms with van der Waals surface area (Å²) in [5.41, 5.74) is 2.16. The molecule has 0 bridgehead atoms. The van der Waals surface area contributed by atoms with Gasteiger partial charge in [-0.05, 0) is 17.7 Å². The third kappa shape index (κ3) is 3.98. The fourth-order valence-corrected chi connectivity index (χ4v) is 3.62. The minimum atomic E-state index is -0.944. The Morgan fingerprint density at radius 1 is 1.08 bits per heavy atom. The molecule has 134 valence electrons. The normalized spacial score (nSPS) is 11.9. The molecule has 2 aromatic carbocycles. The number of nitrogens with zero attached hydrogens (tertiary/aromatic N) is 1. The van der Waals surface area contributed by atoms with Crippen LogP contribution in [0.5, 0.6) is 0 Å². The van der Waals surface area contributed by atoms with Crippen LogP contribution in [0.2, 0.25) is 0 Å². The molecular weight excluding hydrogens is 354 g/mol. The molecule has 8 heteroatoms. The van der Waals surface area contributed by atoms with Crippen LogP contribution in [-0.2, 0) is 22.6 Å². The maximum atomic E-state index is 12.3. The Bertz CT molecular complexity index is 981. The second-order valence-corrected chi connectivity index (χ2v) is 6.78. The Morgan fingerprint density at radius 2 is 1.77 bits per heavy atom. The van der Waals surface area contributed by atoms with Gasteiger partial charge < -0.3 is 5.32 Å². The summed E-state index contributed by atoms with van der Waals surface area (Å²) in [6, 6.07) is 15.3. The van der Waals surface area contributed by atoms with E-state index in [-0.39, 0.29) is 18.5 Å². The van der Waals surface area contributed by atoms with Gasteiger partial charge >= 0.3 is 0 Å². The SMILES string of the molecule is O=C(Cn1sc2ccccc2c1=O)NC(Cc1ccccc1)C(=O)NO. The molecular formula is C18H17N3O4S. The largest absolute Gasteiger partial charge is 0.342 e. The van der Waals surface area contributed by atoms with Gasteiger partial charge in [-0.2, -0.15) is 0 Å². The summed E-state index contributed by atoms with van der Waals surface area (Å²) < 4.78 is 2.13. The van der Waals surface area contributed by atoms with Crippen LogP contribution in [0.3, 0.4) is 0 Å². The van der Waals surface area contributed by atoms with E-state index in [1.165, 1.54) is 15.5 Å². The summed E-state index contributed by atoms with van der Waals surface area (Å²) in [4.78, 5) is 36.5. The summed E-state index contributed by atoms with van der Waals surface area (Å²) in [5, 5.41) is 12.0. The van der Waals surface area contributed by atoms with Crippen molar-refractivity contribution in [3.63, 3.8) is 0 Å². The first-order valence-electron chi connectivity index (χ1n) is 7.94. The molecule has 0 aliphatic heterocycles. The molecule has 0 fully saturated rings. The molecule has 1 unspecified atom stereocenters. The zero-order valence-corrected chi connectivity index (χ0v) is 14.5. The van der Waals surface area contributed by atoms with Gasteiger partial charge in [0.2, 0.25) is 5.91 Å². The van der Waals surface area contributed by atoms with Crippen molar-refractivity contribution in [1.82, 2.24) is 14.8 Å². The van der Waals surface area contributed by atoms with E-state index < -0.39 is 17.9 Å². The average molecular weight is 371 g/mol. The van der Waals surface area contributed by atoms with Crippen LogP contribution in [0, 0.1) is 0 Å². The lowest BCUT2D eigenvalue weighted by atomic mass is 10.1. The van der Waals surface area contributed by atoms with Gasteiger partial charge in [0, 0.05) is 6.42 Å². The van der Waals surface area contributed by atoms with E-state index in [0.717, 1.165) is 10.3 Å². The molecule has 3 rings (SSSR count). The number of benzene rings is 2. The second-order valence-electron chi connectivity index (χ2n) is 5.72. The number of rotatable bonds is 6. The van der Waals surface area contributed by atoms with Crippen LogP contribution in [0.4, 0.5) is 0 Å². The van der Waals surface area contributed by atoms with E-state index in [4.69, 9.17) is 5.21 Å². The van der Waals surface area contributed by atoms with E-state index in [1.54, 1.807) is 17.6 Å². The van der Waals surface area contributed by atoms with Crippen LogP contribution in [0.15, 0.2) is 59.4 Å². The number of hydrogen-bond donors (Lipinski definition) is 3. The van der Waals surface area contributed by atoms with Crippen molar-refractivity contribution >= 4 is 33.4 Å². The molecule has 7 nitrogen and oxygen atoms in total. The highest BCUT2D eigenvalue weighted by molar-refractivity contribution is 7.13. The van der Waals surface area contributed by atoms with Crippen molar-refractivity contribution in [3.05, 3.63) is 70.5 Å². The number of aromatic nitrogens is 1. The van der Waals surface area contributed by atoms with Crippen molar-refractivity contribution < 1.29 is 14.8 Å². The highest BCUT2D eigenvalue weighted by Crippen LogP contribution is 2.15. The van der Waals surface area contributed by atoms with Gasteiger partial charge in [-0.25, -0.2) is 5.48 Å². The summed E-state index contributed by atoms with van der Waals surface area (Å²) in [6.07, 6.45) is 0.223. The summed E-state index contributed by atoms with van der Waals surface area (Å²) in [7, 11) is 0. The zero-order valence-electron chi connectivity index (χ0n) is 13.7. The molecule has 0 saturated heterocycles. The first kappa shape index (κ1) is 17.8. The van der Waals surface area contributed by atoms with Crippen LogP contribution in [-0.4, -0.2) is 27.0 Å². The molecule has 26 heavy (non-hydrogen) atoms.